The van der Waals surface area contributed by atoms with Gasteiger partial charge in [-0.05, 0) is 33.4 Å². The molecule has 1 aliphatic carbocycles. The van der Waals surface area contributed by atoms with Crippen LogP contribution in [0.25, 0.3) is 40.0 Å². The molecular weight excluding hydrogens is 785 g/mol. The topological polar surface area (TPSA) is 38.7 Å². The number of aromatic nitrogens is 3. The fourth-order valence-corrected chi connectivity index (χ4v) is 6.60. The summed E-state index contributed by atoms with van der Waals surface area (Å²) in [4.78, 5) is 14.9. The number of fused-ring (bicyclic) bond motifs is 3. The molecule has 0 saturated heterocycles. The van der Waals surface area contributed by atoms with Gasteiger partial charge in [-0.3, -0.25) is 6.08 Å². The Balaban J connectivity index is 0.00000338. The van der Waals surface area contributed by atoms with Crippen molar-refractivity contribution >= 4 is 6.08 Å². The summed E-state index contributed by atoms with van der Waals surface area (Å²) in [5.74, 6) is 1.69. The van der Waals surface area contributed by atoms with Gasteiger partial charge in [-0.25, -0.2) is 27.1 Å². The molecule has 0 N–H and O–H groups in total. The second kappa shape index (κ2) is 12.9. The minimum absolute atomic E-state index is 0. The van der Waals surface area contributed by atoms with E-state index in [4.69, 9.17) is 15.0 Å². The first-order chi connectivity index (χ1) is 22.3. The molecular formula is C42H27N3U. The van der Waals surface area contributed by atoms with Crippen molar-refractivity contribution in [2.24, 2.45) is 0 Å². The molecule has 0 aliphatic heterocycles. The van der Waals surface area contributed by atoms with E-state index in [2.05, 4.69) is 115 Å². The van der Waals surface area contributed by atoms with Crippen LogP contribution in [0.1, 0.15) is 33.6 Å². The molecule has 0 saturated carbocycles. The van der Waals surface area contributed by atoms with Gasteiger partial charge in [0, 0.05) is 11.1 Å². The largest absolute Gasteiger partial charge is 2.00 e. The van der Waals surface area contributed by atoms with Crippen molar-refractivity contribution in [2.45, 2.75) is 5.41 Å². The van der Waals surface area contributed by atoms with Crippen molar-refractivity contribution in [3.8, 4) is 33.9 Å². The summed E-state index contributed by atoms with van der Waals surface area (Å²) in [6.07, 6.45) is 5.19. The molecule has 7 aromatic rings. The van der Waals surface area contributed by atoms with E-state index in [1.807, 2.05) is 60.7 Å². The van der Waals surface area contributed by atoms with Crippen LogP contribution in [0.4, 0.5) is 0 Å². The fraction of sp³-hybridized carbons (Fsp3) is 0.0238. The smallest absolute Gasteiger partial charge is 0.306 e. The van der Waals surface area contributed by atoms with E-state index in [1.54, 1.807) is 0 Å². The molecule has 0 spiro atoms. The summed E-state index contributed by atoms with van der Waals surface area (Å²) in [6.45, 7) is 0. The average Bonchev–Trinajstić information content (AvgIpc) is 3.43. The quantitative estimate of drug-likeness (QED) is 0.157. The Labute approximate surface area is 293 Å². The summed E-state index contributed by atoms with van der Waals surface area (Å²) >= 11 is 0. The Morgan fingerprint density at radius 3 is 1.80 bits per heavy atom. The molecule has 0 amide bonds. The van der Waals surface area contributed by atoms with Gasteiger partial charge in [0.15, 0.2) is 11.6 Å². The van der Waals surface area contributed by atoms with Crippen LogP contribution in [0.15, 0.2) is 158 Å². The number of nitrogens with zero attached hydrogens (tertiary/aromatic N) is 3. The number of benzene rings is 6. The Bertz CT molecular complexity index is 2110. The van der Waals surface area contributed by atoms with Crippen LogP contribution in [0.3, 0.4) is 0 Å². The van der Waals surface area contributed by atoms with Crippen LogP contribution in [0.5, 0.6) is 0 Å². The summed E-state index contributed by atoms with van der Waals surface area (Å²) in [5, 5.41) is 0. The fourth-order valence-electron chi connectivity index (χ4n) is 6.60. The minimum atomic E-state index is -0.502. The zero-order chi connectivity index (χ0) is 30.1. The molecule has 0 bridgehead atoms. The van der Waals surface area contributed by atoms with E-state index in [1.165, 1.54) is 27.8 Å². The summed E-state index contributed by atoms with van der Waals surface area (Å²) in [5.41, 5.74) is 9.49. The van der Waals surface area contributed by atoms with Gasteiger partial charge in [-0.15, -0.1) is 6.07 Å². The van der Waals surface area contributed by atoms with E-state index in [0.717, 1.165) is 22.3 Å². The first-order valence-electron chi connectivity index (χ1n) is 15.0. The second-order valence-corrected chi connectivity index (χ2v) is 11.0. The maximum atomic E-state index is 5.09. The standard InChI is InChI=1S/C42H27N3.U/c1-5-16-30(17-6-1)28-29-38-43-40(31-18-7-2-8-19-31)45-41(44-38)35-25-15-27-37-39(35)34-24-13-14-26-36(34)42(37,32-20-9-3-10-21-32)33-22-11-4-12-23-33;/h1-16,18-28H;/q-2;+2. The first-order valence-corrected chi connectivity index (χ1v) is 15.0. The first kappa shape index (κ1) is 29.8. The zero-order valence-corrected chi connectivity index (χ0v) is 29.1. The molecule has 3 nitrogen and oxygen atoms in total. The van der Waals surface area contributed by atoms with Gasteiger partial charge in [0.2, 0.25) is 0 Å². The van der Waals surface area contributed by atoms with E-state index in [9.17, 15) is 0 Å². The number of hydrogen-bond donors (Lipinski definition) is 0. The molecule has 46 heavy (non-hydrogen) atoms. The van der Waals surface area contributed by atoms with Gasteiger partial charge < -0.3 is 11.6 Å². The number of hydrogen-bond acceptors (Lipinski definition) is 3. The van der Waals surface area contributed by atoms with Crippen molar-refractivity contribution in [3.05, 3.63) is 204 Å². The molecule has 1 aliphatic rings. The maximum absolute atomic E-state index is 5.09. The summed E-state index contributed by atoms with van der Waals surface area (Å²) < 4.78 is 0. The Hall–Kier alpha value is -4.88. The van der Waals surface area contributed by atoms with Crippen molar-refractivity contribution in [2.75, 3.05) is 0 Å². The molecule has 6 aromatic carbocycles. The van der Waals surface area contributed by atoms with E-state index < -0.39 is 5.41 Å². The second-order valence-electron chi connectivity index (χ2n) is 11.0. The molecule has 0 atom stereocenters. The van der Waals surface area contributed by atoms with Crippen molar-refractivity contribution < 1.29 is 31.1 Å². The maximum Gasteiger partial charge on any atom is 2.00 e. The van der Waals surface area contributed by atoms with E-state index >= 15 is 0 Å². The third-order valence-corrected chi connectivity index (χ3v) is 8.48. The summed E-state index contributed by atoms with van der Waals surface area (Å²) in [6, 6.07) is 58.0. The van der Waals surface area contributed by atoms with Crippen LogP contribution in [-0.2, 0) is 5.41 Å². The zero-order valence-electron chi connectivity index (χ0n) is 24.9. The third kappa shape index (κ3) is 5.14. The molecule has 0 unspecified atom stereocenters. The minimum Gasteiger partial charge on any atom is -0.306 e. The third-order valence-electron chi connectivity index (χ3n) is 8.48. The van der Waals surface area contributed by atoms with Crippen molar-refractivity contribution in [1.82, 2.24) is 15.0 Å². The number of rotatable bonds is 6. The predicted octanol–water partition coefficient (Wildman–Crippen LogP) is 9.23. The Morgan fingerprint density at radius 1 is 0.522 bits per heavy atom. The van der Waals surface area contributed by atoms with Crippen LogP contribution in [0, 0.1) is 43.3 Å². The molecule has 1 heterocycles. The normalized spacial score (nSPS) is 12.7. The summed E-state index contributed by atoms with van der Waals surface area (Å²) in [7, 11) is 0. The van der Waals surface area contributed by atoms with Crippen molar-refractivity contribution in [1.29, 1.82) is 0 Å². The average molecular weight is 812 g/mol. The van der Waals surface area contributed by atoms with Crippen LogP contribution >= 0.6 is 0 Å². The van der Waals surface area contributed by atoms with Gasteiger partial charge in [-0.2, -0.15) is 12.1 Å². The van der Waals surface area contributed by atoms with E-state index in [0.29, 0.717) is 17.5 Å². The monoisotopic (exact) mass is 811 g/mol. The van der Waals surface area contributed by atoms with Gasteiger partial charge in [0.1, 0.15) is 0 Å². The predicted molar refractivity (Wildman–Crippen MR) is 180 cm³/mol. The molecule has 0 fully saturated rings. The van der Waals surface area contributed by atoms with E-state index in [-0.39, 0.29) is 31.1 Å². The molecule has 214 valence electrons. The molecule has 0 radical (unpaired) electrons. The molecule has 8 rings (SSSR count). The van der Waals surface area contributed by atoms with Crippen LogP contribution in [-0.4, -0.2) is 15.0 Å². The Morgan fingerprint density at radius 2 is 1.11 bits per heavy atom. The van der Waals surface area contributed by atoms with Crippen molar-refractivity contribution in [3.63, 3.8) is 0 Å². The SMILES string of the molecule is [C-](=Cc1[c-]cccc1)c1nc(-c2ccccc2)nc(-c2cccc3c2-c2ccccc2C3(c2ccccc2)c2ccccc2)n1.[U+2]. The van der Waals surface area contributed by atoms with Crippen LogP contribution < -0.4 is 0 Å². The Kier molecular flexibility index (Phi) is 8.33. The van der Waals surface area contributed by atoms with Gasteiger partial charge in [0.25, 0.3) is 0 Å². The van der Waals surface area contributed by atoms with Crippen LogP contribution in [0.2, 0.25) is 0 Å². The van der Waals surface area contributed by atoms with Gasteiger partial charge >= 0.3 is 31.1 Å². The molecule has 1 aromatic heterocycles. The van der Waals surface area contributed by atoms with Gasteiger partial charge in [-0.1, -0.05) is 133 Å². The molecule has 4 heteroatoms. The van der Waals surface area contributed by atoms with Gasteiger partial charge in [0.05, 0.1) is 11.2 Å².